The Hall–Kier alpha value is -1.37. The van der Waals surface area contributed by atoms with Gasteiger partial charge in [-0.2, -0.15) is 0 Å². The highest BCUT2D eigenvalue weighted by Gasteiger charge is 1.71. The summed E-state index contributed by atoms with van der Waals surface area (Å²) in [6.45, 7) is 2.13. The first-order valence-corrected chi connectivity index (χ1v) is 4.98. The molecule has 0 amide bonds. The van der Waals surface area contributed by atoms with Crippen LogP contribution in [0.3, 0.4) is 0 Å². The fraction of sp³-hybridized carbons (Fsp3) is 0.308. The van der Waals surface area contributed by atoms with Crippen molar-refractivity contribution in [1.82, 2.24) is 0 Å². The summed E-state index contributed by atoms with van der Waals surface area (Å²) in [6.07, 6.45) is 19.5. The van der Waals surface area contributed by atoms with Gasteiger partial charge < -0.3 is 0 Å². The van der Waals surface area contributed by atoms with Crippen molar-refractivity contribution in [3.8, 4) is 0 Å². The standard InChI is InChI=1S/C13H18O/c1-2-3-4-5-6-7-8-9-10-11-12-13-14/h3-4,6-7,9-13H,2,5,8H2,1H3. The molecule has 0 fully saturated rings. The summed E-state index contributed by atoms with van der Waals surface area (Å²) in [5.74, 6) is 0. The van der Waals surface area contributed by atoms with Gasteiger partial charge >= 0.3 is 0 Å². The first kappa shape index (κ1) is 12.6. The van der Waals surface area contributed by atoms with Gasteiger partial charge in [0.1, 0.15) is 6.29 Å². The quantitative estimate of drug-likeness (QED) is 0.259. The van der Waals surface area contributed by atoms with Gasteiger partial charge in [0.05, 0.1) is 0 Å². The fourth-order valence-electron chi connectivity index (χ4n) is 0.879. The maximum absolute atomic E-state index is 9.90. The number of allylic oxidation sites excluding steroid dienone is 8. The first-order chi connectivity index (χ1) is 6.91. The Labute approximate surface area is 86.5 Å². The fourth-order valence-corrected chi connectivity index (χ4v) is 0.879. The van der Waals surface area contributed by atoms with E-state index in [1.807, 2.05) is 12.2 Å². The van der Waals surface area contributed by atoms with Crippen LogP contribution in [0, 0.1) is 0 Å². The van der Waals surface area contributed by atoms with E-state index in [1.54, 1.807) is 6.08 Å². The van der Waals surface area contributed by atoms with E-state index in [2.05, 4.69) is 31.2 Å². The Morgan fingerprint density at radius 2 is 1.43 bits per heavy atom. The minimum atomic E-state index is 0.774. The van der Waals surface area contributed by atoms with Gasteiger partial charge in [0.25, 0.3) is 0 Å². The van der Waals surface area contributed by atoms with Gasteiger partial charge in [-0.1, -0.05) is 49.5 Å². The van der Waals surface area contributed by atoms with Gasteiger partial charge in [0, 0.05) is 0 Å². The molecule has 0 saturated heterocycles. The second kappa shape index (κ2) is 11.6. The van der Waals surface area contributed by atoms with Gasteiger partial charge in [-0.05, 0) is 25.3 Å². The SMILES string of the molecule is CCC=CCC=CCC=CC=CC=O. The second-order valence-corrected chi connectivity index (χ2v) is 2.77. The molecule has 0 aromatic heterocycles. The van der Waals surface area contributed by atoms with E-state index in [0.717, 1.165) is 25.5 Å². The zero-order valence-electron chi connectivity index (χ0n) is 8.73. The summed E-state index contributed by atoms with van der Waals surface area (Å²) in [7, 11) is 0. The van der Waals surface area contributed by atoms with Crippen LogP contribution in [0.4, 0.5) is 0 Å². The zero-order chi connectivity index (χ0) is 10.5. The Kier molecular flexibility index (Phi) is 10.5. The predicted molar refractivity (Wildman–Crippen MR) is 62.1 cm³/mol. The van der Waals surface area contributed by atoms with E-state index in [0.29, 0.717) is 0 Å². The Morgan fingerprint density at radius 1 is 0.786 bits per heavy atom. The van der Waals surface area contributed by atoms with Gasteiger partial charge in [-0.15, -0.1) is 0 Å². The van der Waals surface area contributed by atoms with Crippen LogP contribution in [-0.2, 0) is 4.79 Å². The third-order valence-corrected chi connectivity index (χ3v) is 1.55. The Morgan fingerprint density at radius 3 is 2.07 bits per heavy atom. The van der Waals surface area contributed by atoms with Crippen molar-refractivity contribution in [3.05, 3.63) is 48.6 Å². The molecule has 0 atom stereocenters. The molecule has 0 aliphatic rings. The molecule has 0 bridgehead atoms. The third kappa shape index (κ3) is 10.6. The van der Waals surface area contributed by atoms with Crippen LogP contribution in [0.25, 0.3) is 0 Å². The van der Waals surface area contributed by atoms with E-state index >= 15 is 0 Å². The highest BCUT2D eigenvalue weighted by molar-refractivity contribution is 5.65. The van der Waals surface area contributed by atoms with Crippen molar-refractivity contribution >= 4 is 6.29 Å². The molecule has 0 heterocycles. The van der Waals surface area contributed by atoms with Crippen LogP contribution in [0.1, 0.15) is 26.2 Å². The predicted octanol–water partition coefficient (Wildman–Crippen LogP) is 3.60. The first-order valence-electron chi connectivity index (χ1n) is 4.98. The van der Waals surface area contributed by atoms with Crippen LogP contribution in [0.15, 0.2) is 48.6 Å². The average Bonchev–Trinajstić information content (AvgIpc) is 2.21. The summed E-state index contributed by atoms with van der Waals surface area (Å²) in [4.78, 5) is 9.90. The van der Waals surface area contributed by atoms with Crippen LogP contribution in [-0.4, -0.2) is 6.29 Å². The smallest absolute Gasteiger partial charge is 0.142 e. The molecule has 1 nitrogen and oxygen atoms in total. The topological polar surface area (TPSA) is 17.1 Å². The molecule has 0 aliphatic heterocycles. The third-order valence-electron chi connectivity index (χ3n) is 1.55. The lowest BCUT2D eigenvalue weighted by molar-refractivity contribution is -0.104. The van der Waals surface area contributed by atoms with Gasteiger partial charge in [-0.25, -0.2) is 0 Å². The largest absolute Gasteiger partial charge is 0.299 e. The summed E-state index contributed by atoms with van der Waals surface area (Å²) in [6, 6.07) is 0. The van der Waals surface area contributed by atoms with E-state index in [-0.39, 0.29) is 0 Å². The molecule has 0 spiro atoms. The molecule has 0 radical (unpaired) electrons. The molecule has 0 saturated carbocycles. The molecule has 1 heteroatoms. The van der Waals surface area contributed by atoms with Crippen LogP contribution in [0.5, 0.6) is 0 Å². The van der Waals surface area contributed by atoms with Gasteiger partial charge in [0.15, 0.2) is 0 Å². The molecular weight excluding hydrogens is 172 g/mol. The monoisotopic (exact) mass is 190 g/mol. The van der Waals surface area contributed by atoms with Crippen molar-refractivity contribution in [1.29, 1.82) is 0 Å². The molecule has 0 N–H and O–H groups in total. The van der Waals surface area contributed by atoms with E-state index in [9.17, 15) is 4.79 Å². The maximum atomic E-state index is 9.90. The summed E-state index contributed by atoms with van der Waals surface area (Å²) in [5.41, 5.74) is 0. The molecule has 0 rings (SSSR count). The van der Waals surface area contributed by atoms with Gasteiger partial charge in [-0.3, -0.25) is 4.79 Å². The average molecular weight is 190 g/mol. The van der Waals surface area contributed by atoms with Crippen molar-refractivity contribution < 1.29 is 4.79 Å². The lowest BCUT2D eigenvalue weighted by Gasteiger charge is -1.82. The molecule has 0 aromatic carbocycles. The van der Waals surface area contributed by atoms with Crippen LogP contribution < -0.4 is 0 Å². The number of hydrogen-bond acceptors (Lipinski definition) is 1. The minimum Gasteiger partial charge on any atom is -0.299 e. The van der Waals surface area contributed by atoms with Crippen molar-refractivity contribution in [2.24, 2.45) is 0 Å². The molecular formula is C13H18O. The molecule has 0 aliphatic carbocycles. The summed E-state index contributed by atoms with van der Waals surface area (Å²) >= 11 is 0. The maximum Gasteiger partial charge on any atom is 0.142 e. The molecule has 0 aromatic rings. The number of carbonyl (C=O) groups excluding carboxylic acids is 1. The van der Waals surface area contributed by atoms with Crippen molar-refractivity contribution in [2.45, 2.75) is 26.2 Å². The van der Waals surface area contributed by atoms with Crippen molar-refractivity contribution in [2.75, 3.05) is 0 Å². The Bertz CT molecular complexity index is 232. The highest BCUT2D eigenvalue weighted by atomic mass is 16.1. The lowest BCUT2D eigenvalue weighted by Crippen LogP contribution is -1.62. The number of aldehydes is 1. The van der Waals surface area contributed by atoms with Crippen molar-refractivity contribution in [3.63, 3.8) is 0 Å². The van der Waals surface area contributed by atoms with Gasteiger partial charge in [0.2, 0.25) is 0 Å². The zero-order valence-corrected chi connectivity index (χ0v) is 8.73. The van der Waals surface area contributed by atoms with E-state index in [4.69, 9.17) is 0 Å². The van der Waals surface area contributed by atoms with E-state index in [1.165, 1.54) is 6.08 Å². The summed E-state index contributed by atoms with van der Waals surface area (Å²) < 4.78 is 0. The molecule has 76 valence electrons. The lowest BCUT2D eigenvalue weighted by atomic mass is 10.3. The highest BCUT2D eigenvalue weighted by Crippen LogP contribution is 1.92. The minimum absolute atomic E-state index is 0.774. The molecule has 14 heavy (non-hydrogen) atoms. The normalized spacial score (nSPS) is 12.6. The summed E-state index contributed by atoms with van der Waals surface area (Å²) in [5, 5.41) is 0. The van der Waals surface area contributed by atoms with Crippen LogP contribution in [0.2, 0.25) is 0 Å². The number of carbonyl (C=O) groups is 1. The van der Waals surface area contributed by atoms with E-state index < -0.39 is 0 Å². The van der Waals surface area contributed by atoms with Crippen LogP contribution >= 0.6 is 0 Å². The Balaban J connectivity index is 3.43. The number of hydrogen-bond donors (Lipinski definition) is 0. The number of rotatable bonds is 7. The molecule has 0 unspecified atom stereocenters. The second-order valence-electron chi connectivity index (χ2n) is 2.77.